The Morgan fingerprint density at radius 2 is 1.79 bits per heavy atom. The highest BCUT2D eigenvalue weighted by Gasteiger charge is 2.46. The Hall–Kier alpha value is -2.60. The van der Waals surface area contributed by atoms with E-state index in [0.29, 0.717) is 32.5 Å². The maximum atomic E-state index is 14.0. The van der Waals surface area contributed by atoms with E-state index in [0.717, 1.165) is 44.5 Å². The van der Waals surface area contributed by atoms with E-state index < -0.39 is 12.2 Å². The molecule has 2 N–H and O–H groups in total. The van der Waals surface area contributed by atoms with E-state index in [9.17, 15) is 18.4 Å². The number of piperidine rings is 2. The fourth-order valence-corrected chi connectivity index (χ4v) is 5.60. The summed E-state index contributed by atoms with van der Waals surface area (Å²) in [4.78, 5) is 28.2. The van der Waals surface area contributed by atoms with Crippen LogP contribution in [0.25, 0.3) is 0 Å². The van der Waals surface area contributed by atoms with Crippen LogP contribution in [0, 0.1) is 5.41 Å². The normalized spacial score (nSPS) is 17.7. The van der Waals surface area contributed by atoms with E-state index in [1.54, 1.807) is 18.0 Å². The molecule has 3 heterocycles. The van der Waals surface area contributed by atoms with Gasteiger partial charge in [-0.3, -0.25) is 9.48 Å². The zero-order valence-electron chi connectivity index (χ0n) is 26.3. The molecule has 0 radical (unpaired) electrons. The quantitative estimate of drug-likeness (QED) is 0.315. The van der Waals surface area contributed by atoms with Gasteiger partial charge in [0, 0.05) is 61.7 Å². The molecule has 2 aromatic rings. The van der Waals surface area contributed by atoms with Gasteiger partial charge in [0.2, 0.25) is 0 Å². The summed E-state index contributed by atoms with van der Waals surface area (Å²) in [7, 11) is 1.68. The number of carbonyl (C=O) groups is 2. The number of nitrogens with one attached hydrogen (secondary N) is 2. The Morgan fingerprint density at radius 3 is 2.33 bits per heavy atom. The molecule has 9 nitrogen and oxygen atoms in total. The van der Waals surface area contributed by atoms with Crippen molar-refractivity contribution in [2.75, 3.05) is 51.8 Å². The first-order valence-corrected chi connectivity index (χ1v) is 15.5. The number of likely N-dealkylation sites (tertiary alicyclic amines) is 1. The van der Waals surface area contributed by atoms with Crippen LogP contribution in [0.3, 0.4) is 0 Å². The SMILES string of the molecule is CC.CC(C)c1ccnn1C1(C(=O)Nc2ccc(Cl)cc2OC(F)F)CCN(CC2(C=O)CCNCC2)CC1.CCOC. The van der Waals surface area contributed by atoms with Crippen LogP contribution >= 0.6 is 11.6 Å². The molecule has 1 amide bonds. The highest BCUT2D eigenvalue weighted by molar-refractivity contribution is 6.30. The highest BCUT2D eigenvalue weighted by Crippen LogP contribution is 2.38. The lowest BCUT2D eigenvalue weighted by Crippen LogP contribution is -2.56. The van der Waals surface area contributed by atoms with Gasteiger partial charge >= 0.3 is 6.61 Å². The lowest BCUT2D eigenvalue weighted by atomic mass is 9.78. The van der Waals surface area contributed by atoms with Gasteiger partial charge in [0.05, 0.1) is 5.69 Å². The zero-order chi connectivity index (χ0) is 32.0. The molecule has 43 heavy (non-hydrogen) atoms. The molecule has 2 aliphatic rings. The molecule has 0 unspecified atom stereocenters. The van der Waals surface area contributed by atoms with Gasteiger partial charge < -0.3 is 29.8 Å². The van der Waals surface area contributed by atoms with Gasteiger partial charge in [-0.1, -0.05) is 39.3 Å². The van der Waals surface area contributed by atoms with E-state index in [4.69, 9.17) is 11.6 Å². The number of halogens is 3. The van der Waals surface area contributed by atoms with Crippen molar-refractivity contribution in [2.45, 2.75) is 78.4 Å². The van der Waals surface area contributed by atoms with Gasteiger partial charge in [-0.25, -0.2) is 0 Å². The number of amides is 1. The number of nitrogens with zero attached hydrogens (tertiary/aromatic N) is 3. The van der Waals surface area contributed by atoms with Crippen LogP contribution in [-0.2, 0) is 19.9 Å². The largest absolute Gasteiger partial charge is 0.433 e. The number of aldehydes is 1. The van der Waals surface area contributed by atoms with Crippen LogP contribution in [0.4, 0.5) is 14.5 Å². The van der Waals surface area contributed by atoms with Crippen molar-refractivity contribution in [2.24, 2.45) is 5.41 Å². The molecule has 242 valence electrons. The van der Waals surface area contributed by atoms with Crippen LogP contribution in [0.1, 0.15) is 71.9 Å². The number of methoxy groups -OCH3 is 1. The predicted molar refractivity (Wildman–Crippen MR) is 166 cm³/mol. The molecule has 0 saturated carbocycles. The van der Waals surface area contributed by atoms with Gasteiger partial charge in [0.15, 0.2) is 5.75 Å². The van der Waals surface area contributed by atoms with Crippen molar-refractivity contribution in [1.82, 2.24) is 20.0 Å². The fourth-order valence-electron chi connectivity index (χ4n) is 5.44. The van der Waals surface area contributed by atoms with Crippen LogP contribution in [-0.4, -0.2) is 79.9 Å². The Labute approximate surface area is 259 Å². The zero-order valence-corrected chi connectivity index (χ0v) is 27.1. The minimum atomic E-state index is -3.06. The molecule has 0 aliphatic carbocycles. The number of ether oxygens (including phenoxy) is 2. The smallest absolute Gasteiger partial charge is 0.387 e. The first-order valence-electron chi connectivity index (χ1n) is 15.1. The topological polar surface area (TPSA) is 97.7 Å². The number of carbonyl (C=O) groups excluding carboxylic acids is 2. The van der Waals surface area contributed by atoms with Crippen LogP contribution in [0.5, 0.6) is 5.75 Å². The summed E-state index contributed by atoms with van der Waals surface area (Å²) < 4.78 is 37.0. The van der Waals surface area contributed by atoms with Crippen molar-refractivity contribution >= 4 is 29.5 Å². The number of hydrogen-bond acceptors (Lipinski definition) is 7. The van der Waals surface area contributed by atoms with E-state index in [2.05, 4.69) is 30.1 Å². The molecular weight excluding hydrogens is 580 g/mol. The molecule has 1 aromatic heterocycles. The molecular formula is C31H48ClF2N5O4. The van der Waals surface area contributed by atoms with Gasteiger partial charge in [-0.2, -0.15) is 13.9 Å². The molecule has 0 spiro atoms. The summed E-state index contributed by atoms with van der Waals surface area (Å²) in [6.45, 7) is 11.2. The average molecular weight is 628 g/mol. The summed E-state index contributed by atoms with van der Waals surface area (Å²) >= 11 is 5.98. The van der Waals surface area contributed by atoms with E-state index in [-0.39, 0.29) is 33.7 Å². The van der Waals surface area contributed by atoms with E-state index in [1.165, 1.54) is 18.2 Å². The Balaban J connectivity index is 0.000000993. The lowest BCUT2D eigenvalue weighted by molar-refractivity contribution is -0.129. The highest BCUT2D eigenvalue weighted by atomic mass is 35.5. The minimum Gasteiger partial charge on any atom is -0.433 e. The standard InChI is InChI=1S/C26H34ClF2N5O3.C3H8O.C2H6/c1-18(2)21-5-10-31-34(21)26(23(36)32-20-4-3-19(27)15-22(20)37-24(28)29)8-13-33(14-9-26)16-25(17-35)6-11-30-12-7-25;1-3-4-2;1-2/h3-5,10,15,17-18,24,30H,6-9,11-14,16H2,1-2H3,(H,32,36);3H2,1-2H3;1-2H3. The molecule has 4 rings (SSSR count). The summed E-state index contributed by atoms with van der Waals surface area (Å²) in [5.41, 5.74) is -0.396. The second-order valence-electron chi connectivity index (χ2n) is 10.9. The maximum absolute atomic E-state index is 14.0. The van der Waals surface area contributed by atoms with Gasteiger partial charge in [0.25, 0.3) is 5.91 Å². The Morgan fingerprint density at radius 1 is 1.16 bits per heavy atom. The first-order chi connectivity index (χ1) is 20.6. The molecule has 1 aromatic carbocycles. The Kier molecular flexibility index (Phi) is 15.0. The van der Waals surface area contributed by atoms with Gasteiger partial charge in [0.1, 0.15) is 11.8 Å². The molecule has 12 heteroatoms. The number of hydrogen-bond donors (Lipinski definition) is 2. The Bertz CT molecular complexity index is 1130. The summed E-state index contributed by atoms with van der Waals surface area (Å²) in [5.74, 6) is -0.440. The molecule has 2 aliphatic heterocycles. The van der Waals surface area contributed by atoms with Gasteiger partial charge in [-0.05, 0) is 69.8 Å². The maximum Gasteiger partial charge on any atom is 0.387 e. The van der Waals surface area contributed by atoms with Crippen LogP contribution < -0.4 is 15.4 Å². The molecule has 2 fully saturated rings. The summed E-state index contributed by atoms with van der Waals surface area (Å²) in [5, 5.41) is 10.9. The van der Waals surface area contributed by atoms with Crippen molar-refractivity contribution in [3.8, 4) is 5.75 Å². The molecule has 0 bridgehead atoms. The summed E-state index contributed by atoms with van der Waals surface area (Å²) in [6, 6.07) is 6.12. The van der Waals surface area contributed by atoms with Crippen molar-refractivity contribution in [3.63, 3.8) is 0 Å². The van der Waals surface area contributed by atoms with Crippen LogP contribution in [0.15, 0.2) is 30.5 Å². The number of rotatable bonds is 10. The fraction of sp³-hybridized carbons (Fsp3) is 0.645. The van der Waals surface area contributed by atoms with Gasteiger partial charge in [-0.15, -0.1) is 0 Å². The monoisotopic (exact) mass is 627 g/mol. The van der Waals surface area contributed by atoms with Crippen LogP contribution in [0.2, 0.25) is 5.02 Å². The van der Waals surface area contributed by atoms with Crippen molar-refractivity contribution < 1.29 is 27.8 Å². The number of anilines is 1. The lowest BCUT2D eigenvalue weighted by Gasteiger charge is -2.44. The third-order valence-corrected chi connectivity index (χ3v) is 8.09. The van der Waals surface area contributed by atoms with E-state index >= 15 is 0 Å². The number of benzene rings is 1. The molecule has 0 atom stereocenters. The minimum absolute atomic E-state index is 0.115. The first kappa shape index (κ1) is 36.6. The summed E-state index contributed by atoms with van der Waals surface area (Å²) in [6.07, 6.45) is 5.26. The second kappa shape index (κ2) is 17.6. The number of aromatic nitrogens is 2. The second-order valence-corrected chi connectivity index (χ2v) is 11.3. The predicted octanol–water partition coefficient (Wildman–Crippen LogP) is 5.94. The number of alkyl halides is 2. The van der Waals surface area contributed by atoms with E-state index in [1.807, 2.05) is 40.7 Å². The average Bonchev–Trinajstić information content (AvgIpc) is 3.51. The third-order valence-electron chi connectivity index (χ3n) is 7.86. The third kappa shape index (κ3) is 9.69. The van der Waals surface area contributed by atoms with Crippen molar-refractivity contribution in [1.29, 1.82) is 0 Å². The van der Waals surface area contributed by atoms with Crippen molar-refractivity contribution in [3.05, 3.63) is 41.2 Å². The molecule has 2 saturated heterocycles.